The summed E-state index contributed by atoms with van der Waals surface area (Å²) < 4.78 is 0. The Labute approximate surface area is 111 Å². The average molecular weight is 251 g/mol. The van der Waals surface area contributed by atoms with Gasteiger partial charge in [0.15, 0.2) is 0 Å². The van der Waals surface area contributed by atoms with Gasteiger partial charge in [-0.3, -0.25) is 0 Å². The van der Waals surface area contributed by atoms with E-state index >= 15 is 0 Å². The van der Waals surface area contributed by atoms with Crippen LogP contribution in [0.4, 0.5) is 0 Å². The van der Waals surface area contributed by atoms with Crippen LogP contribution in [-0.4, -0.2) is 0 Å². The van der Waals surface area contributed by atoms with E-state index in [1.54, 1.807) is 6.08 Å². The third kappa shape index (κ3) is 5.73. The fourth-order valence-electron chi connectivity index (χ4n) is 1.22. The Morgan fingerprint density at radius 2 is 1.62 bits per heavy atom. The average Bonchev–Trinajstić information content (AvgIpc) is 2.92. The monoisotopic (exact) mass is 251 g/mol. The minimum absolute atomic E-state index is 0. The summed E-state index contributed by atoms with van der Waals surface area (Å²) in [5, 5.41) is 8.55. The topological polar surface area (TPSA) is 23.8 Å². The van der Waals surface area contributed by atoms with Crippen LogP contribution in [0.5, 0.6) is 0 Å². The smallest absolute Gasteiger partial charge is 0.198 e. The minimum Gasteiger partial charge on any atom is -0.198 e. The van der Waals surface area contributed by atoms with Gasteiger partial charge in [-0.05, 0) is 57.8 Å². The first-order valence-corrected chi connectivity index (χ1v) is 4.80. The van der Waals surface area contributed by atoms with Gasteiger partial charge in [0.2, 0.25) is 0 Å². The van der Waals surface area contributed by atoms with Crippen molar-refractivity contribution >= 4 is 0 Å². The molecule has 0 atom stereocenters. The molecule has 16 heavy (non-hydrogen) atoms. The molecule has 2 aliphatic rings. The van der Waals surface area contributed by atoms with Crippen molar-refractivity contribution < 1.29 is 17.1 Å². The summed E-state index contributed by atoms with van der Waals surface area (Å²) in [5.41, 5.74) is 0. The van der Waals surface area contributed by atoms with Gasteiger partial charge < -0.3 is 0 Å². The molecule has 0 aliphatic heterocycles. The van der Waals surface area contributed by atoms with Gasteiger partial charge >= 0.3 is 17.1 Å². The molecule has 0 aromatic carbocycles. The van der Waals surface area contributed by atoms with Gasteiger partial charge in [0.05, 0.1) is 12.0 Å². The summed E-state index contributed by atoms with van der Waals surface area (Å²) in [7, 11) is 0. The zero-order valence-electron chi connectivity index (χ0n) is 8.91. The van der Waals surface area contributed by atoms with Gasteiger partial charge in [-0.2, -0.15) is 5.26 Å². The van der Waals surface area contributed by atoms with E-state index in [-0.39, 0.29) is 17.1 Å². The van der Waals surface area contributed by atoms with Crippen molar-refractivity contribution in [2.45, 2.75) is 6.42 Å². The number of rotatable bonds is 2. The van der Waals surface area contributed by atoms with Crippen molar-refractivity contribution in [2.75, 3.05) is 0 Å². The fourth-order valence-corrected chi connectivity index (χ4v) is 1.22. The molecule has 2 rings (SSSR count). The molecule has 0 spiro atoms. The summed E-state index contributed by atoms with van der Waals surface area (Å²) in [6.45, 7) is 3.60. The van der Waals surface area contributed by atoms with Crippen LogP contribution in [-0.2, 0) is 17.1 Å². The van der Waals surface area contributed by atoms with E-state index in [0.29, 0.717) is 0 Å². The fraction of sp³-hybridized carbons (Fsp3) is 0.0714. The molecular formula is C14H13FeN+2. The van der Waals surface area contributed by atoms with Crippen LogP contribution in [0.25, 0.3) is 0 Å². The van der Waals surface area contributed by atoms with Gasteiger partial charge in [0, 0.05) is 5.92 Å². The van der Waals surface area contributed by atoms with Crippen LogP contribution in [0, 0.1) is 74.5 Å². The first kappa shape index (κ1) is 15.7. The maximum absolute atomic E-state index is 8.55. The van der Waals surface area contributed by atoms with Crippen molar-refractivity contribution in [3.05, 3.63) is 75.9 Å². The molecule has 2 aliphatic carbocycles. The molecule has 2 fully saturated rings. The number of hydrogen-bond acceptors (Lipinski definition) is 1. The molecule has 0 unspecified atom stereocenters. The van der Waals surface area contributed by atoms with Crippen molar-refractivity contribution in [3.63, 3.8) is 0 Å². The van der Waals surface area contributed by atoms with Crippen LogP contribution in [0.1, 0.15) is 6.42 Å². The molecule has 0 saturated heterocycles. The summed E-state index contributed by atoms with van der Waals surface area (Å²) in [4.78, 5) is 0. The number of nitrogens with zero attached hydrogens (tertiary/aromatic N) is 1. The molecule has 2 heteroatoms. The number of nitriles is 1. The van der Waals surface area contributed by atoms with Gasteiger partial charge in [-0.1, -0.05) is 6.08 Å². The van der Waals surface area contributed by atoms with Crippen LogP contribution in [0.15, 0.2) is 12.7 Å². The molecular weight excluding hydrogens is 238 g/mol. The zero-order chi connectivity index (χ0) is 10.9. The first-order chi connectivity index (χ1) is 7.38. The second-order valence-corrected chi connectivity index (χ2v) is 3.03. The Bertz CT molecular complexity index is 208. The van der Waals surface area contributed by atoms with E-state index in [4.69, 9.17) is 5.26 Å². The Morgan fingerprint density at radius 1 is 1.06 bits per heavy atom. The molecule has 0 N–H and O–H groups in total. The SMILES string of the molecule is C=CC[C]1[CH][CH][CH][C]1C#N.[CH]1[CH][CH][CH][CH]1.[Fe+2]. The largest absolute Gasteiger partial charge is 2.00 e. The molecule has 0 heterocycles. The zero-order valence-corrected chi connectivity index (χ0v) is 10.0. The number of hydrogen-bond donors (Lipinski definition) is 0. The molecule has 80 valence electrons. The normalized spacial score (nSPS) is 20.4. The maximum Gasteiger partial charge on any atom is 2.00 e. The Balaban J connectivity index is 0.000000318. The predicted octanol–water partition coefficient (Wildman–Crippen LogP) is 2.88. The molecule has 0 bridgehead atoms. The standard InChI is InChI=1S/C9H8N.C5H5.Fe/c1-2-4-8-5-3-6-9(8)7-10;1-2-4-5-3-1;/h2-3,5-6H,1,4H2;1-5H;/q;;+2. The summed E-state index contributed by atoms with van der Waals surface area (Å²) in [6.07, 6.45) is 18.2. The van der Waals surface area contributed by atoms with E-state index < -0.39 is 0 Å². The van der Waals surface area contributed by atoms with E-state index in [1.807, 2.05) is 51.4 Å². The second-order valence-electron chi connectivity index (χ2n) is 3.03. The Hall–Kier alpha value is -0.251. The molecule has 0 aromatic heterocycles. The maximum atomic E-state index is 8.55. The molecule has 0 amide bonds. The molecule has 1 nitrogen and oxygen atoms in total. The predicted molar refractivity (Wildman–Crippen MR) is 61.3 cm³/mol. The summed E-state index contributed by atoms with van der Waals surface area (Å²) in [6, 6.07) is 2.11. The summed E-state index contributed by atoms with van der Waals surface area (Å²) in [5.74, 6) is 1.83. The van der Waals surface area contributed by atoms with Gasteiger partial charge in [0.1, 0.15) is 0 Å². The van der Waals surface area contributed by atoms with E-state index in [0.717, 1.165) is 18.3 Å². The van der Waals surface area contributed by atoms with Gasteiger partial charge in [-0.15, -0.1) is 6.58 Å². The van der Waals surface area contributed by atoms with E-state index in [2.05, 4.69) is 12.6 Å². The van der Waals surface area contributed by atoms with E-state index in [1.165, 1.54) is 0 Å². The van der Waals surface area contributed by atoms with Crippen molar-refractivity contribution in [2.24, 2.45) is 0 Å². The molecule has 0 aromatic rings. The molecule has 2 saturated carbocycles. The van der Waals surface area contributed by atoms with Crippen LogP contribution in [0.2, 0.25) is 0 Å². The Kier molecular flexibility index (Phi) is 9.78. The van der Waals surface area contributed by atoms with Crippen molar-refractivity contribution in [3.8, 4) is 6.07 Å². The van der Waals surface area contributed by atoms with Gasteiger partial charge in [0.25, 0.3) is 0 Å². The Morgan fingerprint density at radius 3 is 2.06 bits per heavy atom. The van der Waals surface area contributed by atoms with Crippen molar-refractivity contribution in [1.29, 1.82) is 5.26 Å². The minimum atomic E-state index is 0. The quantitative estimate of drug-likeness (QED) is 0.546. The first-order valence-electron chi connectivity index (χ1n) is 4.80. The summed E-state index contributed by atoms with van der Waals surface area (Å²) >= 11 is 0. The van der Waals surface area contributed by atoms with Gasteiger partial charge in [-0.25, -0.2) is 0 Å². The third-order valence-corrected chi connectivity index (χ3v) is 1.95. The van der Waals surface area contributed by atoms with Crippen LogP contribution in [0.3, 0.4) is 0 Å². The van der Waals surface area contributed by atoms with Crippen LogP contribution < -0.4 is 0 Å². The second kappa shape index (κ2) is 9.94. The third-order valence-electron chi connectivity index (χ3n) is 1.95. The van der Waals surface area contributed by atoms with Crippen molar-refractivity contribution in [1.82, 2.24) is 0 Å². The van der Waals surface area contributed by atoms with Crippen LogP contribution >= 0.6 is 0 Å². The number of allylic oxidation sites excluding steroid dienone is 1. The molecule has 10 radical (unpaired) electrons. The van der Waals surface area contributed by atoms with E-state index in [9.17, 15) is 0 Å².